The lowest BCUT2D eigenvalue weighted by molar-refractivity contribution is -0.142. The van der Waals surface area contributed by atoms with Gasteiger partial charge in [0.2, 0.25) is 70.9 Å². The van der Waals surface area contributed by atoms with Crippen molar-refractivity contribution in [3.8, 4) is 5.75 Å². The van der Waals surface area contributed by atoms with Gasteiger partial charge in [0.05, 0.1) is 31.3 Å². The van der Waals surface area contributed by atoms with Gasteiger partial charge in [-0.3, -0.25) is 81.5 Å². The number of hydrogen-bond donors (Lipinski definition) is 18. The fourth-order valence-corrected chi connectivity index (χ4v) is 10.6. The summed E-state index contributed by atoms with van der Waals surface area (Å²) >= 11 is 0. The zero-order valence-electron chi connectivity index (χ0n) is 59.0. The Hall–Kier alpha value is -11.9. The highest BCUT2D eigenvalue weighted by Crippen LogP contribution is 2.22. The zero-order chi connectivity index (χ0) is 78.6. The molecule has 0 saturated carbocycles. The number of hydrogen-bond acceptors (Lipinski definition) is 19. The number of carboxylic acid groups (broad SMARTS) is 4. The van der Waals surface area contributed by atoms with Crippen molar-refractivity contribution in [3.63, 3.8) is 0 Å². The number of phenols is 1. The third-order valence-electron chi connectivity index (χ3n) is 16.4. The third kappa shape index (κ3) is 28.8. The molecule has 0 aliphatic carbocycles. The summed E-state index contributed by atoms with van der Waals surface area (Å²) in [5.74, 6) is -20.2. The Kier molecular flexibility index (Phi) is 33.1. The summed E-state index contributed by atoms with van der Waals surface area (Å²) in [5.41, 5.74) is 5.64. The van der Waals surface area contributed by atoms with E-state index in [1.807, 2.05) is 0 Å². The topological polar surface area (TPSA) is 562 Å². The standard InChI is InChI=1S/C70H91N13O22/c1-35(72-8)59(95)77-50(32-53(71)86)67(103)76-46(26-28-55(89)90)63(99)80-49(31-42-19-14-18-41-17-12-13-20-44(41)42)64(100)74-36(2)60(96)73-37(3)61(97)75-45(25-27-54(87)88)62(98)81-51(33-56(91)92)68(104)79-47(29-39-15-10-9-11-16-39)65(101)78-48(30-40-21-23-43(85)24-22-40)66(102)82-52(34-57(93)94)69(105)83-58(38(4)84)70(5,6)7/h9-24,35-37,45-52,58,72,85H,25-34H2,1-8H3,(H2,71,86)(H,73,96)(H,74,100)(H,75,97)(H,76,103)(H,77,95)(H,78,101)(H,79,104)(H,80,99)(H,81,98)(H,82,102)(H,83,105)(H,87,88)(H,89,90)(H,91,92)(H,93,94)/t35-,36-,37+,45+,46+,47+,48+,49+,50+,51+,52+,58-/m1/s1. The van der Waals surface area contributed by atoms with E-state index < -0.39 is 236 Å². The molecule has 105 heavy (non-hydrogen) atoms. The molecule has 4 rings (SSSR count). The molecule has 0 bridgehead atoms. The highest BCUT2D eigenvalue weighted by Gasteiger charge is 2.39. The second-order valence-corrected chi connectivity index (χ2v) is 26.0. The summed E-state index contributed by atoms with van der Waals surface area (Å²) in [4.78, 5) is 227. The van der Waals surface area contributed by atoms with Gasteiger partial charge >= 0.3 is 23.9 Å². The van der Waals surface area contributed by atoms with E-state index in [1.165, 1.54) is 64.2 Å². The first-order valence-electron chi connectivity index (χ1n) is 33.2. The zero-order valence-corrected chi connectivity index (χ0v) is 59.0. The lowest BCUT2D eigenvalue weighted by Crippen LogP contribution is -2.61. The first-order chi connectivity index (χ1) is 49.3. The predicted octanol–water partition coefficient (Wildman–Crippen LogP) is -2.26. The van der Waals surface area contributed by atoms with Gasteiger partial charge < -0.3 is 95.1 Å². The number of carbonyl (C=O) groups is 17. The summed E-state index contributed by atoms with van der Waals surface area (Å²) in [6, 6.07) is 5.49. The molecule has 0 radical (unpaired) electrons. The smallest absolute Gasteiger partial charge is 0.305 e. The SMILES string of the molecule is CN[C@H](C)C(=O)N[C@@H](CC(N)=O)C(=O)N[C@@H](CCC(=O)O)C(=O)N[C@@H](Cc1cccc2ccccc12)C(=O)N[C@H](C)C(=O)N[C@@H](C)C(=O)N[C@@H](CCC(=O)O)C(=O)N[C@@H](CC(=O)O)C(=O)N[C@@H](Cc1ccccc1)C(=O)N[C@@H](Cc1ccc(O)cc1)C(=O)N[C@@H](CC(=O)O)C(=O)N[C@H](C(C)=O)C(C)(C)C. The van der Waals surface area contributed by atoms with Crippen molar-refractivity contribution in [1.29, 1.82) is 0 Å². The fourth-order valence-electron chi connectivity index (χ4n) is 10.6. The molecular formula is C70H91N13O22. The van der Waals surface area contributed by atoms with Crippen LogP contribution in [0.25, 0.3) is 10.8 Å². The Bertz CT molecular complexity index is 3840. The first kappa shape index (κ1) is 85.5. The van der Waals surface area contributed by atoms with Crippen LogP contribution in [0.15, 0.2) is 97.1 Å². The monoisotopic (exact) mass is 1470 g/mol. The van der Waals surface area contributed by atoms with Crippen molar-refractivity contribution in [2.45, 2.75) is 185 Å². The Morgan fingerprint density at radius 1 is 0.381 bits per heavy atom. The number of aliphatic carboxylic acids is 4. The number of aromatic hydroxyl groups is 1. The molecule has 19 N–H and O–H groups in total. The normalized spacial score (nSPS) is 14.6. The van der Waals surface area contributed by atoms with E-state index in [-0.39, 0.29) is 12.2 Å². The minimum absolute atomic E-state index is 0.189. The van der Waals surface area contributed by atoms with Crippen molar-refractivity contribution >= 4 is 111 Å². The number of Topliss-reactive ketones (excluding diaryl/α,β-unsaturated/α-hetero) is 1. The Morgan fingerprint density at radius 2 is 0.733 bits per heavy atom. The number of amides is 12. The lowest BCUT2D eigenvalue weighted by Gasteiger charge is -2.31. The van der Waals surface area contributed by atoms with Gasteiger partial charge in [0.25, 0.3) is 0 Å². The molecule has 568 valence electrons. The van der Waals surface area contributed by atoms with Crippen LogP contribution in [-0.2, 0) is 101 Å². The summed E-state index contributed by atoms with van der Waals surface area (Å²) in [5, 5.41) is 79.3. The van der Waals surface area contributed by atoms with Crippen LogP contribution in [0.2, 0.25) is 0 Å². The number of nitrogens with one attached hydrogen (secondary N) is 12. The molecule has 0 heterocycles. The average Bonchev–Trinajstić information content (AvgIpc) is 0.822. The molecule has 4 aromatic rings. The molecule has 0 aliphatic rings. The van der Waals surface area contributed by atoms with Gasteiger partial charge in [-0.15, -0.1) is 0 Å². The van der Waals surface area contributed by atoms with Gasteiger partial charge in [-0.1, -0.05) is 106 Å². The predicted molar refractivity (Wildman–Crippen MR) is 373 cm³/mol. The molecule has 12 amide bonds. The minimum atomic E-state index is -2.12. The molecule has 0 aliphatic heterocycles. The lowest BCUT2D eigenvalue weighted by atomic mass is 9.84. The van der Waals surface area contributed by atoms with Gasteiger partial charge in [-0.2, -0.15) is 0 Å². The highest BCUT2D eigenvalue weighted by molar-refractivity contribution is 6.01. The molecule has 35 heteroatoms. The van der Waals surface area contributed by atoms with Crippen LogP contribution in [0.1, 0.15) is 110 Å². The molecule has 0 aromatic heterocycles. The maximum absolute atomic E-state index is 14.6. The van der Waals surface area contributed by atoms with Crippen molar-refractivity contribution in [1.82, 2.24) is 63.8 Å². The van der Waals surface area contributed by atoms with E-state index in [0.29, 0.717) is 27.5 Å². The van der Waals surface area contributed by atoms with E-state index in [9.17, 15) is 107 Å². The van der Waals surface area contributed by atoms with Gasteiger partial charge in [0.1, 0.15) is 66.2 Å². The molecule has 0 saturated heterocycles. The van der Waals surface area contributed by atoms with Crippen LogP contribution in [-0.4, -0.2) is 206 Å². The maximum atomic E-state index is 14.6. The van der Waals surface area contributed by atoms with Gasteiger partial charge in [0.15, 0.2) is 5.78 Å². The van der Waals surface area contributed by atoms with Crippen LogP contribution in [0.3, 0.4) is 0 Å². The van der Waals surface area contributed by atoms with Gasteiger partial charge in [0, 0.05) is 32.1 Å². The van der Waals surface area contributed by atoms with E-state index in [0.717, 1.165) is 6.92 Å². The highest BCUT2D eigenvalue weighted by atomic mass is 16.4. The Labute approximate surface area is 602 Å². The summed E-state index contributed by atoms with van der Waals surface area (Å²) in [6.45, 7) is 9.83. The van der Waals surface area contributed by atoms with E-state index >= 15 is 0 Å². The van der Waals surface area contributed by atoms with Crippen LogP contribution >= 0.6 is 0 Å². The number of phenolic OH excluding ortho intramolecular Hbond substituents is 1. The van der Waals surface area contributed by atoms with Gasteiger partial charge in [-0.05, 0) is 92.6 Å². The van der Waals surface area contributed by atoms with E-state index in [4.69, 9.17) is 5.73 Å². The average molecular weight is 1470 g/mol. The number of fused-ring (bicyclic) bond motifs is 1. The number of carboxylic acids is 4. The number of nitrogens with two attached hydrogens (primary N) is 1. The molecule has 0 spiro atoms. The largest absolute Gasteiger partial charge is 0.508 e. The number of carbonyl (C=O) groups excluding carboxylic acids is 13. The quantitative estimate of drug-likeness (QED) is 0.0223. The Morgan fingerprint density at radius 3 is 1.19 bits per heavy atom. The van der Waals surface area contributed by atoms with Crippen LogP contribution in [0, 0.1) is 5.41 Å². The van der Waals surface area contributed by atoms with Crippen molar-refractivity contribution in [2.75, 3.05) is 7.05 Å². The van der Waals surface area contributed by atoms with Crippen molar-refractivity contribution in [2.24, 2.45) is 11.1 Å². The fraction of sp³-hybridized carbons (Fsp3) is 0.443. The number of primary amides is 1. The molecule has 35 nitrogen and oxygen atoms in total. The number of ketones is 1. The molecule has 12 atom stereocenters. The van der Waals surface area contributed by atoms with Gasteiger partial charge in [-0.25, -0.2) is 0 Å². The van der Waals surface area contributed by atoms with Crippen LogP contribution < -0.4 is 69.5 Å². The number of likely N-dealkylation sites (N-methyl/N-ethyl adjacent to an activating group) is 1. The number of rotatable bonds is 42. The van der Waals surface area contributed by atoms with Crippen LogP contribution in [0.4, 0.5) is 0 Å². The first-order valence-corrected chi connectivity index (χ1v) is 33.2. The minimum Gasteiger partial charge on any atom is -0.508 e. The summed E-state index contributed by atoms with van der Waals surface area (Å²) in [7, 11) is 1.44. The summed E-state index contributed by atoms with van der Waals surface area (Å²) in [6.07, 6.45) is -6.92. The summed E-state index contributed by atoms with van der Waals surface area (Å²) < 4.78 is 0. The molecule has 4 aromatic carbocycles. The third-order valence-corrected chi connectivity index (χ3v) is 16.4. The Balaban J connectivity index is 1.61. The second kappa shape index (κ2) is 40.7. The number of benzene rings is 4. The molecule has 0 fully saturated rings. The molecule has 0 unspecified atom stereocenters. The van der Waals surface area contributed by atoms with E-state index in [2.05, 4.69) is 63.8 Å². The second-order valence-electron chi connectivity index (χ2n) is 26.0. The van der Waals surface area contributed by atoms with Crippen molar-refractivity contribution < 1.29 is 107 Å². The maximum Gasteiger partial charge on any atom is 0.305 e. The van der Waals surface area contributed by atoms with E-state index in [1.54, 1.807) is 81.4 Å². The molecular weight excluding hydrogens is 1370 g/mol. The van der Waals surface area contributed by atoms with Crippen LogP contribution in [0.5, 0.6) is 5.75 Å². The van der Waals surface area contributed by atoms with Crippen molar-refractivity contribution in [3.05, 3.63) is 114 Å².